The Kier molecular flexibility index (Phi) is 3.34. The number of rotatable bonds is 4. The van der Waals surface area contributed by atoms with Crippen LogP contribution in [0, 0.1) is 5.82 Å². The van der Waals surface area contributed by atoms with Gasteiger partial charge in [0, 0.05) is 6.42 Å². The molecular formula is C11H13FN4O. The predicted octanol–water partition coefficient (Wildman–Crippen LogP) is 0.591. The predicted molar refractivity (Wildman–Crippen MR) is 61.5 cm³/mol. The summed E-state index contributed by atoms with van der Waals surface area (Å²) in [6, 6.07) is 5.73. The van der Waals surface area contributed by atoms with Crippen molar-refractivity contribution in [1.29, 1.82) is 0 Å². The van der Waals surface area contributed by atoms with Crippen molar-refractivity contribution in [3.8, 4) is 5.69 Å². The molecule has 1 aromatic heterocycles. The molecule has 90 valence electrons. The first-order chi connectivity index (χ1) is 8.20. The van der Waals surface area contributed by atoms with Crippen LogP contribution in [-0.4, -0.2) is 21.3 Å². The van der Waals surface area contributed by atoms with Crippen molar-refractivity contribution in [2.45, 2.75) is 12.8 Å². The SMILES string of the molecule is NCCCc1nn(-c2cccc(F)c2)c(=O)[nH]1. The Morgan fingerprint density at radius 1 is 1.47 bits per heavy atom. The third kappa shape index (κ3) is 2.59. The second-order valence-electron chi connectivity index (χ2n) is 3.66. The van der Waals surface area contributed by atoms with Crippen LogP contribution in [0.3, 0.4) is 0 Å². The molecule has 0 aliphatic rings. The van der Waals surface area contributed by atoms with Crippen LogP contribution in [0.2, 0.25) is 0 Å². The summed E-state index contributed by atoms with van der Waals surface area (Å²) in [7, 11) is 0. The van der Waals surface area contributed by atoms with Gasteiger partial charge in [0.1, 0.15) is 11.6 Å². The van der Waals surface area contributed by atoms with E-state index in [1.54, 1.807) is 6.07 Å². The quantitative estimate of drug-likeness (QED) is 0.815. The minimum absolute atomic E-state index is 0.373. The van der Waals surface area contributed by atoms with E-state index in [2.05, 4.69) is 10.1 Å². The standard InChI is InChI=1S/C11H13FN4O/c12-8-3-1-4-9(7-8)16-11(17)14-10(15-16)5-2-6-13/h1,3-4,7H,2,5-6,13H2,(H,14,15,17). The molecule has 0 radical (unpaired) electrons. The lowest BCUT2D eigenvalue weighted by Gasteiger charge is -1.98. The molecule has 3 N–H and O–H groups in total. The highest BCUT2D eigenvalue weighted by atomic mass is 19.1. The molecule has 5 nitrogen and oxygen atoms in total. The monoisotopic (exact) mass is 236 g/mol. The number of nitrogens with zero attached hydrogens (tertiary/aromatic N) is 2. The van der Waals surface area contributed by atoms with Gasteiger partial charge >= 0.3 is 5.69 Å². The second-order valence-corrected chi connectivity index (χ2v) is 3.66. The number of aryl methyl sites for hydroxylation is 1. The van der Waals surface area contributed by atoms with Crippen LogP contribution in [-0.2, 0) is 6.42 Å². The highest BCUT2D eigenvalue weighted by Gasteiger charge is 2.07. The average molecular weight is 236 g/mol. The molecule has 2 aromatic rings. The van der Waals surface area contributed by atoms with Gasteiger partial charge in [0.05, 0.1) is 5.69 Å². The molecule has 0 saturated carbocycles. The van der Waals surface area contributed by atoms with Crippen molar-refractivity contribution >= 4 is 0 Å². The first-order valence-corrected chi connectivity index (χ1v) is 5.35. The summed E-state index contributed by atoms with van der Waals surface area (Å²) in [6.45, 7) is 0.537. The van der Waals surface area contributed by atoms with E-state index in [9.17, 15) is 9.18 Å². The van der Waals surface area contributed by atoms with Crippen LogP contribution >= 0.6 is 0 Å². The number of nitrogens with one attached hydrogen (secondary N) is 1. The molecular weight excluding hydrogens is 223 g/mol. The fourth-order valence-corrected chi connectivity index (χ4v) is 1.53. The van der Waals surface area contributed by atoms with Crippen LogP contribution in [0.15, 0.2) is 29.1 Å². The van der Waals surface area contributed by atoms with Gasteiger partial charge in [-0.15, -0.1) is 0 Å². The second kappa shape index (κ2) is 4.92. The van der Waals surface area contributed by atoms with Gasteiger partial charge in [-0.1, -0.05) is 6.07 Å². The lowest BCUT2D eigenvalue weighted by Crippen LogP contribution is -2.15. The number of benzene rings is 1. The highest BCUT2D eigenvalue weighted by molar-refractivity contribution is 5.30. The molecule has 1 heterocycles. The van der Waals surface area contributed by atoms with Crippen LogP contribution in [0.25, 0.3) is 5.69 Å². The van der Waals surface area contributed by atoms with Crippen molar-refractivity contribution in [2.24, 2.45) is 5.73 Å². The zero-order valence-electron chi connectivity index (χ0n) is 9.19. The summed E-state index contributed by atoms with van der Waals surface area (Å²) >= 11 is 0. The fourth-order valence-electron chi connectivity index (χ4n) is 1.53. The fraction of sp³-hybridized carbons (Fsp3) is 0.273. The van der Waals surface area contributed by atoms with E-state index in [0.717, 1.165) is 11.1 Å². The highest BCUT2D eigenvalue weighted by Crippen LogP contribution is 2.06. The van der Waals surface area contributed by atoms with Crippen molar-refractivity contribution in [2.75, 3.05) is 6.54 Å². The normalized spacial score (nSPS) is 10.7. The average Bonchev–Trinajstić information content (AvgIpc) is 2.68. The molecule has 1 aromatic carbocycles. The molecule has 0 fully saturated rings. The lowest BCUT2D eigenvalue weighted by molar-refractivity contribution is 0.624. The topological polar surface area (TPSA) is 76.7 Å². The maximum atomic E-state index is 13.0. The van der Waals surface area contributed by atoms with Crippen molar-refractivity contribution < 1.29 is 4.39 Å². The Labute approximate surface area is 97.1 Å². The van der Waals surface area contributed by atoms with Crippen LogP contribution < -0.4 is 11.4 Å². The molecule has 0 spiro atoms. The summed E-state index contributed by atoms with van der Waals surface area (Å²) in [4.78, 5) is 14.2. The van der Waals surface area contributed by atoms with E-state index in [0.29, 0.717) is 24.5 Å². The van der Waals surface area contributed by atoms with Crippen molar-refractivity contribution in [3.63, 3.8) is 0 Å². The molecule has 17 heavy (non-hydrogen) atoms. The molecule has 2 rings (SSSR count). The van der Waals surface area contributed by atoms with E-state index < -0.39 is 5.82 Å². The minimum Gasteiger partial charge on any atom is -0.330 e. The Morgan fingerprint density at radius 2 is 2.29 bits per heavy atom. The van der Waals surface area contributed by atoms with Gasteiger partial charge < -0.3 is 5.73 Å². The number of aromatic amines is 1. The summed E-state index contributed by atoms with van der Waals surface area (Å²) < 4.78 is 14.2. The zero-order chi connectivity index (χ0) is 12.3. The number of hydrogen-bond donors (Lipinski definition) is 2. The van der Waals surface area contributed by atoms with E-state index >= 15 is 0 Å². The van der Waals surface area contributed by atoms with Gasteiger partial charge in [-0.25, -0.2) is 9.18 Å². The Balaban J connectivity index is 2.33. The molecule has 0 bridgehead atoms. The number of nitrogens with two attached hydrogens (primary N) is 1. The third-order valence-electron chi connectivity index (χ3n) is 2.33. The smallest absolute Gasteiger partial charge is 0.330 e. The molecule has 6 heteroatoms. The Bertz CT molecular complexity index is 561. The molecule has 0 saturated heterocycles. The maximum Gasteiger partial charge on any atom is 0.348 e. The maximum absolute atomic E-state index is 13.0. The van der Waals surface area contributed by atoms with Crippen molar-refractivity contribution in [3.05, 3.63) is 46.4 Å². The summed E-state index contributed by atoms with van der Waals surface area (Å²) in [5.41, 5.74) is 5.41. The first-order valence-electron chi connectivity index (χ1n) is 5.35. The first kappa shape index (κ1) is 11.5. The lowest BCUT2D eigenvalue weighted by atomic mass is 10.3. The molecule has 0 atom stereocenters. The molecule has 0 aliphatic carbocycles. The van der Waals surface area contributed by atoms with E-state index in [4.69, 9.17) is 5.73 Å². The van der Waals surface area contributed by atoms with E-state index in [1.807, 2.05) is 0 Å². The van der Waals surface area contributed by atoms with Gasteiger partial charge in [-0.2, -0.15) is 9.78 Å². The Morgan fingerprint density at radius 3 is 3.00 bits per heavy atom. The number of hydrogen-bond acceptors (Lipinski definition) is 3. The van der Waals surface area contributed by atoms with Gasteiger partial charge in [-0.05, 0) is 31.2 Å². The molecule has 0 unspecified atom stereocenters. The van der Waals surface area contributed by atoms with Crippen LogP contribution in [0.5, 0.6) is 0 Å². The number of aromatic nitrogens is 3. The van der Waals surface area contributed by atoms with Crippen LogP contribution in [0.4, 0.5) is 4.39 Å². The largest absolute Gasteiger partial charge is 0.348 e. The number of H-pyrrole nitrogens is 1. The van der Waals surface area contributed by atoms with Gasteiger partial charge in [0.25, 0.3) is 0 Å². The van der Waals surface area contributed by atoms with Crippen LogP contribution in [0.1, 0.15) is 12.2 Å². The van der Waals surface area contributed by atoms with Crippen molar-refractivity contribution in [1.82, 2.24) is 14.8 Å². The Hall–Kier alpha value is -1.95. The summed E-state index contributed by atoms with van der Waals surface area (Å²) in [5, 5.41) is 4.09. The molecule has 0 aliphatic heterocycles. The van der Waals surface area contributed by atoms with Gasteiger partial charge in [0.15, 0.2) is 0 Å². The molecule has 0 amide bonds. The van der Waals surface area contributed by atoms with E-state index in [1.165, 1.54) is 18.2 Å². The van der Waals surface area contributed by atoms with Gasteiger partial charge in [-0.3, -0.25) is 4.98 Å². The van der Waals surface area contributed by atoms with E-state index in [-0.39, 0.29) is 5.69 Å². The van der Waals surface area contributed by atoms with Gasteiger partial charge in [0.2, 0.25) is 0 Å². The summed E-state index contributed by atoms with van der Waals surface area (Å²) in [5.74, 6) is 0.158. The number of halogens is 1. The zero-order valence-corrected chi connectivity index (χ0v) is 9.19. The minimum atomic E-state index is -0.402. The summed E-state index contributed by atoms with van der Waals surface area (Å²) in [6.07, 6.45) is 1.35. The third-order valence-corrected chi connectivity index (χ3v) is 2.33.